The number of anilines is 1. The lowest BCUT2D eigenvalue weighted by atomic mass is 10.1. The van der Waals surface area contributed by atoms with Crippen LogP contribution in [-0.4, -0.2) is 40.1 Å². The van der Waals surface area contributed by atoms with Gasteiger partial charge in [0.15, 0.2) is 0 Å². The van der Waals surface area contributed by atoms with Crippen molar-refractivity contribution in [3.05, 3.63) is 48.2 Å². The summed E-state index contributed by atoms with van der Waals surface area (Å²) in [5, 5.41) is 34.8. The Morgan fingerprint density at radius 1 is 1.26 bits per heavy atom. The summed E-state index contributed by atoms with van der Waals surface area (Å²) in [4.78, 5) is 23.7. The van der Waals surface area contributed by atoms with Crippen LogP contribution < -0.4 is 10.6 Å². The van der Waals surface area contributed by atoms with Crippen LogP contribution in [0.5, 0.6) is 5.75 Å². The fourth-order valence-corrected chi connectivity index (χ4v) is 2.91. The lowest BCUT2D eigenvalue weighted by Crippen LogP contribution is -2.34. The van der Waals surface area contributed by atoms with E-state index < -0.39 is 17.9 Å². The highest BCUT2D eigenvalue weighted by molar-refractivity contribution is 7.98. The number of hydrogen-bond donors (Lipinski definition) is 4. The Labute approximate surface area is 160 Å². The van der Waals surface area contributed by atoms with Crippen molar-refractivity contribution in [1.82, 2.24) is 5.32 Å². The Morgan fingerprint density at radius 2 is 1.96 bits per heavy atom. The number of benzene rings is 2. The van der Waals surface area contributed by atoms with Crippen LogP contribution in [0.4, 0.5) is 5.69 Å². The highest BCUT2D eigenvalue weighted by Crippen LogP contribution is 2.29. The molecule has 0 radical (unpaired) electrons. The first-order chi connectivity index (χ1) is 13.0. The third-order valence-electron chi connectivity index (χ3n) is 3.85. The van der Waals surface area contributed by atoms with Gasteiger partial charge < -0.3 is 20.8 Å². The number of nitrogens with zero attached hydrogens (tertiary/aromatic N) is 1. The topological polar surface area (TPSA) is 122 Å². The maximum atomic E-state index is 12.4. The number of nitrogens with one attached hydrogen (secondary N) is 2. The van der Waals surface area contributed by atoms with E-state index in [0.29, 0.717) is 28.6 Å². The van der Waals surface area contributed by atoms with Crippen molar-refractivity contribution in [3.8, 4) is 11.8 Å². The number of amides is 1. The molecule has 0 aromatic heterocycles. The maximum absolute atomic E-state index is 12.4. The van der Waals surface area contributed by atoms with Gasteiger partial charge in [-0.25, -0.2) is 4.79 Å². The Balaban J connectivity index is 2.19. The molecule has 0 saturated carbocycles. The number of aromatic hydroxyl groups is 1. The minimum Gasteiger partial charge on any atom is -0.507 e. The van der Waals surface area contributed by atoms with E-state index in [1.165, 1.54) is 11.8 Å². The van der Waals surface area contributed by atoms with Gasteiger partial charge in [-0.2, -0.15) is 17.0 Å². The number of carbonyl (C=O) groups excluding carboxylic acids is 1. The molecule has 0 aliphatic heterocycles. The molecule has 7 nitrogen and oxygen atoms in total. The van der Waals surface area contributed by atoms with Gasteiger partial charge in [-0.1, -0.05) is 24.3 Å². The molecule has 0 saturated heterocycles. The van der Waals surface area contributed by atoms with Crippen molar-refractivity contribution >= 4 is 40.1 Å². The third-order valence-corrected chi connectivity index (χ3v) is 4.49. The van der Waals surface area contributed by atoms with Crippen LogP contribution in [0.15, 0.2) is 48.2 Å². The molecule has 0 fully saturated rings. The molecule has 0 aliphatic carbocycles. The van der Waals surface area contributed by atoms with E-state index >= 15 is 0 Å². The SMILES string of the molecule is CSCCC(N/C=C(/C#N)C(=O)Nc1cccc2c(O)cccc12)C(=O)O. The first-order valence-corrected chi connectivity index (χ1v) is 9.47. The van der Waals surface area contributed by atoms with E-state index in [0.717, 1.165) is 6.20 Å². The summed E-state index contributed by atoms with van der Waals surface area (Å²) in [6.45, 7) is 0. The predicted octanol–water partition coefficient (Wildman–Crippen LogP) is 2.69. The molecule has 0 heterocycles. The number of carbonyl (C=O) groups is 2. The third kappa shape index (κ3) is 5.15. The highest BCUT2D eigenvalue weighted by Gasteiger charge is 2.17. The Kier molecular flexibility index (Phi) is 7.08. The van der Waals surface area contributed by atoms with Crippen LogP contribution in [-0.2, 0) is 9.59 Å². The number of rotatable bonds is 8. The molecular weight excluding hydrogens is 366 g/mol. The zero-order chi connectivity index (χ0) is 19.8. The number of carboxylic acid groups (broad SMARTS) is 1. The van der Waals surface area contributed by atoms with Gasteiger partial charge in [-0.05, 0) is 30.6 Å². The molecule has 2 rings (SSSR count). The molecule has 8 heteroatoms. The molecule has 0 aliphatic rings. The van der Waals surface area contributed by atoms with Crippen LogP contribution in [0.2, 0.25) is 0 Å². The fraction of sp³-hybridized carbons (Fsp3) is 0.211. The Hall–Kier alpha value is -3.18. The average molecular weight is 385 g/mol. The molecule has 0 bridgehead atoms. The number of hydrogen-bond acceptors (Lipinski definition) is 6. The van der Waals surface area contributed by atoms with Gasteiger partial charge >= 0.3 is 5.97 Å². The molecule has 1 unspecified atom stereocenters. The van der Waals surface area contributed by atoms with E-state index in [1.807, 2.05) is 6.26 Å². The second kappa shape index (κ2) is 9.50. The minimum absolute atomic E-state index is 0.0828. The van der Waals surface area contributed by atoms with E-state index in [2.05, 4.69) is 10.6 Å². The molecule has 1 atom stereocenters. The molecule has 140 valence electrons. The summed E-state index contributed by atoms with van der Waals surface area (Å²) < 4.78 is 0. The number of carboxylic acids is 1. The maximum Gasteiger partial charge on any atom is 0.326 e. The van der Waals surface area contributed by atoms with Gasteiger partial charge in [0, 0.05) is 22.7 Å². The number of phenols is 1. The van der Waals surface area contributed by atoms with Crippen LogP contribution in [0.25, 0.3) is 10.8 Å². The fourth-order valence-electron chi connectivity index (χ4n) is 2.44. The number of thioether (sulfide) groups is 1. The van der Waals surface area contributed by atoms with Crippen molar-refractivity contribution in [2.75, 3.05) is 17.3 Å². The summed E-state index contributed by atoms with van der Waals surface area (Å²) in [5.41, 5.74) is 0.189. The van der Waals surface area contributed by atoms with E-state index in [4.69, 9.17) is 0 Å². The van der Waals surface area contributed by atoms with Gasteiger partial charge in [-0.15, -0.1) is 0 Å². The van der Waals surface area contributed by atoms with Crippen molar-refractivity contribution in [3.63, 3.8) is 0 Å². The zero-order valence-electron chi connectivity index (χ0n) is 14.6. The van der Waals surface area contributed by atoms with Crippen LogP contribution in [0.3, 0.4) is 0 Å². The largest absolute Gasteiger partial charge is 0.507 e. The van der Waals surface area contributed by atoms with Gasteiger partial charge in [0.25, 0.3) is 5.91 Å². The number of fused-ring (bicyclic) bond motifs is 1. The van der Waals surface area contributed by atoms with Crippen molar-refractivity contribution in [2.24, 2.45) is 0 Å². The van der Waals surface area contributed by atoms with Gasteiger partial charge in [0.2, 0.25) is 0 Å². The average Bonchev–Trinajstić information content (AvgIpc) is 2.65. The minimum atomic E-state index is -1.05. The summed E-state index contributed by atoms with van der Waals surface area (Å²) >= 11 is 1.51. The van der Waals surface area contributed by atoms with Gasteiger partial charge in [-0.3, -0.25) is 4.79 Å². The summed E-state index contributed by atoms with van der Waals surface area (Å²) in [6.07, 6.45) is 3.35. The van der Waals surface area contributed by atoms with E-state index in [9.17, 15) is 25.1 Å². The zero-order valence-corrected chi connectivity index (χ0v) is 15.4. The second-order valence-corrected chi connectivity index (χ2v) is 6.63. The smallest absolute Gasteiger partial charge is 0.326 e. The number of aliphatic carboxylic acids is 1. The highest BCUT2D eigenvalue weighted by atomic mass is 32.2. The first-order valence-electron chi connectivity index (χ1n) is 8.08. The van der Waals surface area contributed by atoms with E-state index in [-0.39, 0.29) is 11.3 Å². The quantitative estimate of drug-likeness (QED) is 0.407. The summed E-state index contributed by atoms with van der Waals surface area (Å²) in [5.74, 6) is -1.01. The predicted molar refractivity (Wildman–Crippen MR) is 105 cm³/mol. The lowest BCUT2D eigenvalue weighted by Gasteiger charge is -2.13. The van der Waals surface area contributed by atoms with E-state index in [1.54, 1.807) is 42.5 Å². The van der Waals surface area contributed by atoms with Crippen LogP contribution in [0.1, 0.15) is 6.42 Å². The van der Waals surface area contributed by atoms with Crippen molar-refractivity contribution in [1.29, 1.82) is 5.26 Å². The lowest BCUT2D eigenvalue weighted by molar-refractivity contribution is -0.139. The van der Waals surface area contributed by atoms with Crippen LogP contribution in [0, 0.1) is 11.3 Å². The van der Waals surface area contributed by atoms with Crippen molar-refractivity contribution in [2.45, 2.75) is 12.5 Å². The van der Waals surface area contributed by atoms with Crippen LogP contribution >= 0.6 is 11.8 Å². The number of nitriles is 1. The number of phenolic OH excluding ortho intramolecular Hbond substituents is 1. The second-order valence-electron chi connectivity index (χ2n) is 5.64. The van der Waals surface area contributed by atoms with Gasteiger partial charge in [0.1, 0.15) is 23.4 Å². The van der Waals surface area contributed by atoms with Gasteiger partial charge in [0.05, 0.1) is 0 Å². The summed E-state index contributed by atoms with van der Waals surface area (Å²) in [7, 11) is 0. The Bertz CT molecular complexity index is 921. The molecule has 27 heavy (non-hydrogen) atoms. The molecule has 4 N–H and O–H groups in total. The Morgan fingerprint density at radius 3 is 2.63 bits per heavy atom. The van der Waals surface area contributed by atoms with Crippen molar-refractivity contribution < 1.29 is 19.8 Å². The first kappa shape index (κ1) is 20.1. The molecular formula is C19H19N3O4S. The molecule has 2 aromatic carbocycles. The molecule has 2 aromatic rings. The molecule has 1 amide bonds. The molecule has 0 spiro atoms. The standard InChI is InChI=1S/C19H19N3O4S/c1-27-9-8-16(19(25)26)21-11-12(10-20)18(24)22-15-6-2-5-14-13(15)4-3-7-17(14)23/h2-7,11,16,21,23H,8-9H2,1H3,(H,22,24)(H,25,26)/b12-11-. The summed E-state index contributed by atoms with van der Waals surface area (Å²) in [6, 6.07) is 10.9. The monoisotopic (exact) mass is 385 g/mol. The normalized spacial score (nSPS) is 12.2.